The summed E-state index contributed by atoms with van der Waals surface area (Å²) in [4.78, 5) is 15.6. The molecule has 0 saturated heterocycles. The van der Waals surface area contributed by atoms with Crippen LogP contribution in [-0.4, -0.2) is 14.9 Å². The van der Waals surface area contributed by atoms with E-state index in [0.717, 1.165) is 11.2 Å². The molecule has 0 bridgehead atoms. The van der Waals surface area contributed by atoms with Crippen molar-refractivity contribution in [1.29, 1.82) is 0 Å². The van der Waals surface area contributed by atoms with Crippen LogP contribution in [0.5, 0.6) is 0 Å². The Hall–Kier alpha value is 0.0900. The second kappa shape index (κ2) is 4.36. The first-order valence-electron chi connectivity index (χ1n) is 3.44. The first-order valence-corrected chi connectivity index (χ1v) is 5.64. The van der Waals surface area contributed by atoms with E-state index in [2.05, 4.69) is 20.9 Å². The zero-order valence-corrected chi connectivity index (χ0v) is 10.3. The second-order valence-electron chi connectivity index (χ2n) is 2.30. The number of alkyl halides is 1. The van der Waals surface area contributed by atoms with Gasteiger partial charge in [0.05, 0.1) is 3.57 Å². The molecule has 0 aliphatic heterocycles. The lowest BCUT2D eigenvalue weighted by Gasteiger charge is -2.06. The van der Waals surface area contributed by atoms with Gasteiger partial charge in [-0.1, -0.05) is 15.9 Å². The molecule has 0 saturated carbocycles. The van der Waals surface area contributed by atoms with Gasteiger partial charge >= 0.3 is 0 Å². The number of hydrogen-bond acceptors (Lipinski definition) is 2. The van der Waals surface area contributed by atoms with Gasteiger partial charge in [-0.2, -0.15) is 0 Å². The van der Waals surface area contributed by atoms with Crippen molar-refractivity contribution in [2.24, 2.45) is 0 Å². The summed E-state index contributed by atoms with van der Waals surface area (Å²) in [5.74, 6) is 0.764. The topological polar surface area (TPSA) is 34.9 Å². The van der Waals surface area contributed by atoms with Crippen molar-refractivity contribution >= 4 is 38.5 Å². The number of halogens is 2. The van der Waals surface area contributed by atoms with Crippen molar-refractivity contribution < 1.29 is 0 Å². The van der Waals surface area contributed by atoms with Crippen LogP contribution in [0.25, 0.3) is 0 Å². The van der Waals surface area contributed by atoms with Gasteiger partial charge < -0.3 is 0 Å². The van der Waals surface area contributed by atoms with Crippen molar-refractivity contribution in [2.45, 2.75) is 13.5 Å². The summed E-state index contributed by atoms with van der Waals surface area (Å²) in [6.07, 6.45) is 1.60. The van der Waals surface area contributed by atoms with E-state index in [9.17, 15) is 4.79 Å². The highest BCUT2D eigenvalue weighted by molar-refractivity contribution is 14.1. The largest absolute Gasteiger partial charge is 0.295 e. The van der Waals surface area contributed by atoms with Crippen molar-refractivity contribution in [3.8, 4) is 0 Å². The molecule has 0 amide bonds. The highest BCUT2D eigenvalue weighted by Crippen LogP contribution is 1.97. The maximum absolute atomic E-state index is 11.5. The fourth-order valence-electron chi connectivity index (χ4n) is 0.899. The monoisotopic (exact) mass is 342 g/mol. The summed E-state index contributed by atoms with van der Waals surface area (Å²) >= 11 is 5.28. The van der Waals surface area contributed by atoms with Crippen LogP contribution in [0, 0.1) is 10.5 Å². The number of aromatic nitrogens is 2. The predicted octanol–water partition coefficient (Wildman–Crippen LogP) is 1.55. The average molecular weight is 343 g/mol. The Kier molecular flexibility index (Phi) is 3.70. The van der Waals surface area contributed by atoms with E-state index >= 15 is 0 Å². The molecule has 0 aliphatic rings. The minimum absolute atomic E-state index is 0.0440. The molecular formula is C7H8BrIN2O. The molecule has 0 N–H and O–H groups in total. The third-order valence-electron chi connectivity index (χ3n) is 1.51. The van der Waals surface area contributed by atoms with Crippen molar-refractivity contribution in [3.05, 3.63) is 25.9 Å². The summed E-state index contributed by atoms with van der Waals surface area (Å²) in [6, 6.07) is 0. The molecule has 3 nitrogen and oxygen atoms in total. The SMILES string of the molecule is Cc1ncc(I)c(=O)n1CCBr. The third-order valence-corrected chi connectivity index (χ3v) is 2.61. The van der Waals surface area contributed by atoms with Gasteiger partial charge in [-0.05, 0) is 29.5 Å². The van der Waals surface area contributed by atoms with E-state index in [1.165, 1.54) is 0 Å². The van der Waals surface area contributed by atoms with Gasteiger partial charge in [0.1, 0.15) is 5.82 Å². The number of rotatable bonds is 2. The number of nitrogens with zero attached hydrogens (tertiary/aromatic N) is 2. The summed E-state index contributed by atoms with van der Waals surface area (Å²) in [5, 5.41) is 0.773. The molecule has 0 radical (unpaired) electrons. The smallest absolute Gasteiger partial charge is 0.266 e. The van der Waals surface area contributed by atoms with Gasteiger partial charge in [0, 0.05) is 18.1 Å². The Morgan fingerprint density at radius 3 is 3.00 bits per heavy atom. The third kappa shape index (κ3) is 2.07. The Balaban J connectivity index is 3.24. The maximum Gasteiger partial charge on any atom is 0.266 e. The Bertz CT molecular complexity index is 337. The molecule has 0 unspecified atom stereocenters. The Labute approximate surface area is 92.5 Å². The zero-order chi connectivity index (χ0) is 9.14. The predicted molar refractivity (Wildman–Crippen MR) is 59.7 cm³/mol. The molecule has 0 aromatic carbocycles. The molecule has 12 heavy (non-hydrogen) atoms. The normalized spacial score (nSPS) is 10.2. The fraction of sp³-hybridized carbons (Fsp3) is 0.429. The first-order chi connectivity index (χ1) is 5.66. The zero-order valence-electron chi connectivity index (χ0n) is 6.55. The fourth-order valence-corrected chi connectivity index (χ4v) is 1.68. The van der Waals surface area contributed by atoms with Gasteiger partial charge in [0.25, 0.3) is 5.56 Å². The van der Waals surface area contributed by atoms with E-state index in [4.69, 9.17) is 0 Å². The molecule has 1 aromatic rings. The lowest BCUT2D eigenvalue weighted by molar-refractivity contribution is 0.678. The van der Waals surface area contributed by atoms with Crippen LogP contribution >= 0.6 is 38.5 Å². The number of hydrogen-bond donors (Lipinski definition) is 0. The van der Waals surface area contributed by atoms with Crippen molar-refractivity contribution in [3.63, 3.8) is 0 Å². The molecule has 66 valence electrons. The summed E-state index contributed by atoms with van der Waals surface area (Å²) in [5.41, 5.74) is 0.0440. The lowest BCUT2D eigenvalue weighted by Crippen LogP contribution is -2.26. The van der Waals surface area contributed by atoms with Crippen LogP contribution < -0.4 is 5.56 Å². The van der Waals surface area contributed by atoms with E-state index in [1.54, 1.807) is 10.8 Å². The van der Waals surface area contributed by atoms with Gasteiger partial charge in [-0.25, -0.2) is 4.98 Å². The Morgan fingerprint density at radius 2 is 2.42 bits per heavy atom. The molecule has 5 heteroatoms. The molecule has 0 atom stereocenters. The van der Waals surface area contributed by atoms with E-state index in [0.29, 0.717) is 10.1 Å². The van der Waals surface area contributed by atoms with Crippen LogP contribution in [0.1, 0.15) is 5.82 Å². The molecule has 1 heterocycles. The van der Waals surface area contributed by atoms with Crippen LogP contribution in [0.4, 0.5) is 0 Å². The summed E-state index contributed by atoms with van der Waals surface area (Å²) < 4.78 is 2.33. The van der Waals surface area contributed by atoms with Gasteiger partial charge in [-0.15, -0.1) is 0 Å². The second-order valence-corrected chi connectivity index (χ2v) is 4.25. The Morgan fingerprint density at radius 1 is 1.75 bits per heavy atom. The van der Waals surface area contributed by atoms with Crippen LogP contribution in [0.2, 0.25) is 0 Å². The minimum atomic E-state index is 0.0440. The molecule has 0 fully saturated rings. The number of aryl methyl sites for hydroxylation is 1. The highest BCUT2D eigenvalue weighted by atomic mass is 127. The van der Waals surface area contributed by atoms with E-state index in [-0.39, 0.29) is 5.56 Å². The van der Waals surface area contributed by atoms with Gasteiger partial charge in [0.2, 0.25) is 0 Å². The molecule has 0 aliphatic carbocycles. The molecule has 1 aromatic heterocycles. The van der Waals surface area contributed by atoms with Crippen molar-refractivity contribution in [1.82, 2.24) is 9.55 Å². The molecule has 1 rings (SSSR count). The molecular weight excluding hydrogens is 335 g/mol. The average Bonchev–Trinajstić information content (AvgIpc) is 2.06. The van der Waals surface area contributed by atoms with Gasteiger partial charge in [0.15, 0.2) is 0 Å². The van der Waals surface area contributed by atoms with E-state index < -0.39 is 0 Å². The maximum atomic E-state index is 11.5. The highest BCUT2D eigenvalue weighted by Gasteiger charge is 2.03. The minimum Gasteiger partial charge on any atom is -0.295 e. The summed E-state index contributed by atoms with van der Waals surface area (Å²) in [7, 11) is 0. The lowest BCUT2D eigenvalue weighted by atomic mass is 10.5. The van der Waals surface area contributed by atoms with E-state index in [1.807, 2.05) is 29.5 Å². The van der Waals surface area contributed by atoms with Crippen LogP contribution in [0.15, 0.2) is 11.0 Å². The van der Waals surface area contributed by atoms with Crippen molar-refractivity contribution in [2.75, 3.05) is 5.33 Å². The molecule has 0 spiro atoms. The van der Waals surface area contributed by atoms with Crippen LogP contribution in [-0.2, 0) is 6.54 Å². The van der Waals surface area contributed by atoms with Crippen LogP contribution in [0.3, 0.4) is 0 Å². The standard InChI is InChI=1S/C7H8BrIN2O/c1-5-10-4-6(9)7(12)11(5)3-2-8/h4H,2-3H2,1H3. The summed E-state index contributed by atoms with van der Waals surface area (Å²) in [6.45, 7) is 2.51. The van der Waals surface area contributed by atoms with Gasteiger partial charge in [-0.3, -0.25) is 9.36 Å². The first kappa shape index (κ1) is 10.2. The quantitative estimate of drug-likeness (QED) is 0.604.